The van der Waals surface area contributed by atoms with Crippen molar-refractivity contribution >= 4 is 13.8 Å². The molecule has 0 N–H and O–H groups in total. The number of epoxide rings is 1. The van der Waals surface area contributed by atoms with Crippen molar-refractivity contribution in [1.29, 1.82) is 0 Å². The van der Waals surface area contributed by atoms with Gasteiger partial charge in [0.1, 0.15) is 19.8 Å². The SMILES string of the molecule is CCCCC/C=C\CC1OC1C/C=C\C/C=C\CCCC(=O)O[C@H](CO/C=C/CCCCCCCC/C=C\CCCCCC)COP(=O)([O-])OCC[N+](C)(C)C. The van der Waals surface area contributed by atoms with Gasteiger partial charge in [0.25, 0.3) is 7.82 Å². The second kappa shape index (κ2) is 35.0. The van der Waals surface area contributed by atoms with Crippen molar-refractivity contribution in [3.63, 3.8) is 0 Å². The molecule has 1 heterocycles. The van der Waals surface area contributed by atoms with E-state index in [0.717, 1.165) is 38.5 Å². The molecule has 324 valence electrons. The molecular weight excluding hydrogens is 725 g/mol. The maximum Gasteiger partial charge on any atom is 0.306 e. The Morgan fingerprint density at radius 3 is 1.80 bits per heavy atom. The summed E-state index contributed by atoms with van der Waals surface area (Å²) in [4.78, 5) is 25.0. The molecule has 0 radical (unpaired) electrons. The van der Waals surface area contributed by atoms with Crippen LogP contribution in [0.4, 0.5) is 0 Å². The fourth-order valence-electron chi connectivity index (χ4n) is 5.89. The lowest BCUT2D eigenvalue weighted by Gasteiger charge is -2.28. The predicted molar refractivity (Wildman–Crippen MR) is 230 cm³/mol. The lowest BCUT2D eigenvalue weighted by atomic mass is 10.1. The van der Waals surface area contributed by atoms with E-state index in [1.807, 2.05) is 27.2 Å². The summed E-state index contributed by atoms with van der Waals surface area (Å²) in [5.74, 6) is -0.417. The van der Waals surface area contributed by atoms with E-state index >= 15 is 0 Å². The Morgan fingerprint density at radius 1 is 0.661 bits per heavy atom. The fourth-order valence-corrected chi connectivity index (χ4v) is 6.62. The van der Waals surface area contributed by atoms with Gasteiger partial charge >= 0.3 is 5.97 Å². The number of unbranched alkanes of at least 4 members (excludes halogenated alkanes) is 15. The molecule has 0 aromatic rings. The Bertz CT molecular complexity index is 1140. The Morgan fingerprint density at radius 2 is 1.16 bits per heavy atom. The van der Waals surface area contributed by atoms with Crippen LogP contribution in [0.25, 0.3) is 0 Å². The molecule has 1 fully saturated rings. The van der Waals surface area contributed by atoms with Crippen LogP contribution in [0.5, 0.6) is 0 Å². The van der Waals surface area contributed by atoms with Gasteiger partial charge in [0.05, 0.1) is 46.2 Å². The van der Waals surface area contributed by atoms with Crippen molar-refractivity contribution in [1.82, 2.24) is 0 Å². The Kier molecular flexibility index (Phi) is 32.5. The van der Waals surface area contributed by atoms with Crippen LogP contribution >= 0.6 is 7.82 Å². The third kappa shape index (κ3) is 35.2. The van der Waals surface area contributed by atoms with Crippen molar-refractivity contribution in [2.75, 3.05) is 47.5 Å². The number of nitrogens with zero attached hydrogens (tertiary/aromatic N) is 1. The van der Waals surface area contributed by atoms with E-state index in [4.69, 9.17) is 23.3 Å². The highest BCUT2D eigenvalue weighted by atomic mass is 31.2. The number of phosphoric acid groups is 1. The number of carbonyl (C=O) groups excluding carboxylic acids is 1. The van der Waals surface area contributed by atoms with Gasteiger partial charge in [-0.15, -0.1) is 0 Å². The largest absolute Gasteiger partial charge is 0.756 e. The number of hydrogen-bond acceptors (Lipinski definition) is 8. The average molecular weight is 808 g/mol. The van der Waals surface area contributed by atoms with Gasteiger partial charge in [-0.2, -0.15) is 0 Å². The lowest BCUT2D eigenvalue weighted by Crippen LogP contribution is -2.37. The number of allylic oxidation sites excluding steroid dienone is 7. The number of carbonyl (C=O) groups is 1. The van der Waals surface area contributed by atoms with Gasteiger partial charge in [-0.3, -0.25) is 9.36 Å². The molecule has 0 aliphatic carbocycles. The Hall–Kier alpha value is -2.00. The van der Waals surface area contributed by atoms with Crippen molar-refractivity contribution < 1.29 is 42.0 Å². The van der Waals surface area contributed by atoms with Gasteiger partial charge in [0.15, 0.2) is 6.10 Å². The number of hydrogen-bond donors (Lipinski definition) is 0. The first-order valence-electron chi connectivity index (χ1n) is 22.2. The Labute approximate surface area is 343 Å². The normalized spacial score (nSPS) is 17.9. The summed E-state index contributed by atoms with van der Waals surface area (Å²) in [7, 11) is 1.27. The van der Waals surface area contributed by atoms with Gasteiger partial charge in [-0.05, 0) is 89.5 Å². The van der Waals surface area contributed by atoms with E-state index in [1.54, 1.807) is 6.26 Å². The van der Waals surface area contributed by atoms with Gasteiger partial charge in [0.2, 0.25) is 0 Å². The molecule has 0 aromatic heterocycles. The van der Waals surface area contributed by atoms with E-state index in [9.17, 15) is 14.3 Å². The molecule has 10 heteroatoms. The van der Waals surface area contributed by atoms with Crippen LogP contribution in [0.1, 0.15) is 162 Å². The maximum absolute atomic E-state index is 12.7. The molecule has 3 unspecified atom stereocenters. The molecule has 4 atom stereocenters. The van der Waals surface area contributed by atoms with E-state index in [0.29, 0.717) is 29.7 Å². The first kappa shape index (κ1) is 52.0. The predicted octanol–water partition coefficient (Wildman–Crippen LogP) is 11.6. The first-order valence-corrected chi connectivity index (χ1v) is 23.6. The quantitative estimate of drug-likeness (QED) is 0.0115. The number of ether oxygens (including phenoxy) is 3. The van der Waals surface area contributed by atoms with E-state index in [2.05, 4.69) is 62.5 Å². The van der Waals surface area contributed by atoms with E-state index in [-0.39, 0.29) is 26.2 Å². The Balaban J connectivity index is 2.30. The molecule has 0 saturated carbocycles. The lowest BCUT2D eigenvalue weighted by molar-refractivity contribution is -0.870. The average Bonchev–Trinajstić information content (AvgIpc) is 3.91. The fraction of sp³-hybridized carbons (Fsp3) is 0.761. The summed E-state index contributed by atoms with van der Waals surface area (Å²) in [5.41, 5.74) is 0. The second-order valence-electron chi connectivity index (χ2n) is 16.1. The standard InChI is InChI=1S/C46H82NO8P/c1-6-8-10-12-14-15-16-17-18-19-20-21-22-26-30-34-39-51-41-43(42-53-56(49,50)52-40-38-47(3,4)5)54-46(48)37-33-29-25-23-24-28-32-36-45-44(55-45)35-31-27-13-11-9-7-2/h15-16,23,25,27-28,31-32,34,39,43-45H,6-14,17-22,24,26,29-30,33,35-38,40-42H2,1-5H3/b16-15-,25-23-,31-27-,32-28-,39-34+/t43-,44?,45?/m1/s1. The zero-order chi connectivity index (χ0) is 41.0. The van der Waals surface area contributed by atoms with Crippen LogP contribution in [0.15, 0.2) is 60.9 Å². The monoisotopic (exact) mass is 808 g/mol. The van der Waals surface area contributed by atoms with E-state index in [1.165, 1.54) is 96.3 Å². The summed E-state index contributed by atoms with van der Waals surface area (Å²) < 4.78 is 40.0. The van der Waals surface area contributed by atoms with Crippen LogP contribution in [-0.4, -0.2) is 76.3 Å². The summed E-state index contributed by atoms with van der Waals surface area (Å²) in [6.07, 6.45) is 46.5. The number of quaternary nitrogens is 1. The molecule has 0 spiro atoms. The first-order chi connectivity index (χ1) is 27.1. The molecule has 1 saturated heterocycles. The van der Waals surface area contributed by atoms with Crippen LogP contribution in [0.3, 0.4) is 0 Å². The maximum atomic E-state index is 12.7. The summed E-state index contributed by atoms with van der Waals surface area (Å²) in [6, 6.07) is 0. The smallest absolute Gasteiger partial charge is 0.306 e. The highest BCUT2D eigenvalue weighted by Gasteiger charge is 2.36. The molecule has 1 aliphatic heterocycles. The number of rotatable bonds is 39. The molecule has 9 nitrogen and oxygen atoms in total. The molecule has 56 heavy (non-hydrogen) atoms. The van der Waals surface area contributed by atoms with Crippen LogP contribution in [0, 0.1) is 0 Å². The summed E-state index contributed by atoms with van der Waals surface area (Å²) in [5, 5.41) is 0. The molecular formula is C46H82NO8P. The highest BCUT2D eigenvalue weighted by Crippen LogP contribution is 2.38. The van der Waals surface area contributed by atoms with Crippen molar-refractivity contribution in [2.45, 2.75) is 180 Å². The summed E-state index contributed by atoms with van der Waals surface area (Å²) >= 11 is 0. The van der Waals surface area contributed by atoms with Crippen molar-refractivity contribution in [3.05, 3.63) is 60.9 Å². The summed E-state index contributed by atoms with van der Waals surface area (Å²) in [6.45, 7) is 4.60. The molecule has 1 rings (SSSR count). The van der Waals surface area contributed by atoms with Gasteiger partial charge in [-0.1, -0.05) is 120 Å². The third-order valence-electron chi connectivity index (χ3n) is 9.51. The number of phosphoric ester groups is 1. The molecule has 0 bridgehead atoms. The number of likely N-dealkylation sites (N-methyl/N-ethyl adjacent to an activating group) is 1. The minimum absolute atomic E-state index is 0.000398. The van der Waals surface area contributed by atoms with Gasteiger partial charge < -0.3 is 32.6 Å². The molecule has 1 aliphatic rings. The zero-order valence-corrected chi connectivity index (χ0v) is 37.2. The number of esters is 1. The van der Waals surface area contributed by atoms with Crippen LogP contribution < -0.4 is 4.89 Å². The van der Waals surface area contributed by atoms with Gasteiger partial charge in [-0.25, -0.2) is 0 Å². The van der Waals surface area contributed by atoms with Crippen LogP contribution in [-0.2, 0) is 32.6 Å². The topological polar surface area (TPSA) is 107 Å². The second-order valence-corrected chi connectivity index (χ2v) is 17.6. The van der Waals surface area contributed by atoms with Crippen molar-refractivity contribution in [3.8, 4) is 0 Å². The minimum Gasteiger partial charge on any atom is -0.756 e. The van der Waals surface area contributed by atoms with Crippen molar-refractivity contribution in [2.24, 2.45) is 0 Å². The van der Waals surface area contributed by atoms with Gasteiger partial charge in [0, 0.05) is 6.42 Å². The molecule has 0 aromatic carbocycles. The van der Waals surface area contributed by atoms with E-state index < -0.39 is 19.9 Å². The highest BCUT2D eigenvalue weighted by molar-refractivity contribution is 7.45. The zero-order valence-electron chi connectivity index (χ0n) is 36.3. The van der Waals surface area contributed by atoms with Crippen LogP contribution in [0.2, 0.25) is 0 Å². The third-order valence-corrected chi connectivity index (χ3v) is 10.5. The molecule has 0 amide bonds. The minimum atomic E-state index is -4.56.